The molecule has 13 nitrogen and oxygen atoms in total. The van der Waals surface area contributed by atoms with Crippen LogP contribution < -0.4 is 24.3 Å². The highest BCUT2D eigenvalue weighted by Crippen LogP contribution is 2.48. The Kier molecular flexibility index (Phi) is 14.8. The van der Waals surface area contributed by atoms with Gasteiger partial charge in [0.05, 0.1) is 41.4 Å². The molecule has 4 atom stereocenters. The smallest absolute Gasteiger partial charge is 0.192 e. The maximum atomic E-state index is 7.89. The van der Waals surface area contributed by atoms with Crippen molar-refractivity contribution in [3.05, 3.63) is 204 Å². The minimum absolute atomic E-state index is 0.0739. The van der Waals surface area contributed by atoms with Gasteiger partial charge in [-0.05, 0) is 100 Å². The van der Waals surface area contributed by atoms with Gasteiger partial charge in [0.15, 0.2) is 31.5 Å². The summed E-state index contributed by atoms with van der Waals surface area (Å²) in [4.78, 5) is 14.9. The quantitative estimate of drug-likeness (QED) is 0.0611. The Labute approximate surface area is 429 Å². The Hall–Kier alpha value is -7.07. The number of rotatable bonds is 19. The Balaban J connectivity index is 1.19. The fraction of sp³-hybridized carbons (Fsp3) is 0.305. The van der Waals surface area contributed by atoms with Gasteiger partial charge in [-0.15, -0.1) is 0 Å². The van der Waals surface area contributed by atoms with Gasteiger partial charge < -0.3 is 42.9 Å². The summed E-state index contributed by atoms with van der Waals surface area (Å²) >= 11 is 0. The average Bonchev–Trinajstić information content (AvgIpc) is 4.03. The van der Waals surface area contributed by atoms with E-state index in [1.165, 1.54) is 0 Å². The highest BCUT2D eigenvalue weighted by atomic mass is 28.4. The molecule has 9 rings (SSSR count). The van der Waals surface area contributed by atoms with Crippen molar-refractivity contribution in [3.8, 4) is 23.0 Å². The minimum atomic E-state index is -2.33. The molecular formula is C59H65N5O8Si. The second kappa shape index (κ2) is 21.2. The molecule has 1 N–H and O–H groups in total. The second-order valence-corrected chi connectivity index (χ2v) is 24.5. The highest BCUT2D eigenvalue weighted by molar-refractivity contribution is 6.74. The standard InChI is InChI=1S/C59H65N5O8Si/c1-57(2,3)73(9,10)70-37-50-52(72-59(43-19-15-12-16-20-43,44-25-33-48(67-6)34-26-44)45-27-35-49(68-7)36-28-45)53(69-8)56(71-50)64-39-62-51-54(60-38-61-55(51)64)63-58(40-17-13-11-14-18-40,41-21-29-46(65-4)30-22-41)42-23-31-47(66-5)32-24-42/h11-36,38-39,50,52-53,56H,37H2,1-10H3,(H,60,61,63)/t50-,52-,53-,56-/m1/s1. The first-order chi connectivity index (χ1) is 35.3. The van der Waals surface area contributed by atoms with E-state index in [1.54, 1.807) is 48.2 Å². The predicted molar refractivity (Wildman–Crippen MR) is 286 cm³/mol. The number of hydrogen-bond donors (Lipinski definition) is 1. The summed E-state index contributed by atoms with van der Waals surface area (Å²) in [5.41, 5.74) is 4.36. The summed E-state index contributed by atoms with van der Waals surface area (Å²) in [6.45, 7) is 11.4. The number of nitrogens with one attached hydrogen (secondary N) is 1. The van der Waals surface area contributed by atoms with E-state index in [-0.39, 0.29) is 11.6 Å². The fourth-order valence-corrected chi connectivity index (χ4v) is 10.6. The number of ether oxygens (including phenoxy) is 7. The van der Waals surface area contributed by atoms with Crippen LogP contribution in [0.2, 0.25) is 18.1 Å². The summed E-state index contributed by atoms with van der Waals surface area (Å²) in [5.74, 6) is 3.40. The first-order valence-electron chi connectivity index (χ1n) is 24.4. The lowest BCUT2D eigenvalue weighted by Gasteiger charge is -2.41. The molecule has 0 saturated carbocycles. The van der Waals surface area contributed by atoms with Crippen LogP contribution in [0, 0.1) is 0 Å². The third-order valence-electron chi connectivity index (χ3n) is 14.7. The van der Waals surface area contributed by atoms with Crippen LogP contribution in [0.15, 0.2) is 170 Å². The van der Waals surface area contributed by atoms with Gasteiger partial charge in [-0.3, -0.25) is 4.57 Å². The zero-order chi connectivity index (χ0) is 51.4. The van der Waals surface area contributed by atoms with E-state index in [1.807, 2.05) is 89.5 Å². The molecule has 73 heavy (non-hydrogen) atoms. The summed E-state index contributed by atoms with van der Waals surface area (Å²) in [5, 5.41) is 3.85. The Morgan fingerprint density at radius 3 is 1.44 bits per heavy atom. The molecule has 6 aromatic carbocycles. The number of nitrogens with zero attached hydrogens (tertiary/aromatic N) is 4. The molecule has 0 radical (unpaired) electrons. The summed E-state index contributed by atoms with van der Waals surface area (Å²) < 4.78 is 53.3. The van der Waals surface area contributed by atoms with Crippen molar-refractivity contribution in [3.63, 3.8) is 0 Å². The number of aromatic nitrogens is 4. The molecule has 14 heteroatoms. The van der Waals surface area contributed by atoms with E-state index < -0.39 is 44.0 Å². The lowest BCUT2D eigenvalue weighted by Crippen LogP contribution is -2.48. The van der Waals surface area contributed by atoms with E-state index in [9.17, 15) is 0 Å². The zero-order valence-corrected chi connectivity index (χ0v) is 44.2. The van der Waals surface area contributed by atoms with E-state index in [0.717, 1.165) is 56.4 Å². The zero-order valence-electron chi connectivity index (χ0n) is 43.2. The van der Waals surface area contributed by atoms with Gasteiger partial charge in [-0.1, -0.05) is 130 Å². The molecule has 1 aliphatic rings. The number of hydrogen-bond acceptors (Lipinski definition) is 12. The van der Waals surface area contributed by atoms with Gasteiger partial charge >= 0.3 is 0 Å². The number of methoxy groups -OCH3 is 5. The van der Waals surface area contributed by atoms with E-state index in [2.05, 4.69) is 112 Å². The van der Waals surface area contributed by atoms with Crippen LogP contribution in [-0.2, 0) is 29.8 Å². The third kappa shape index (κ3) is 9.69. The Morgan fingerprint density at radius 1 is 0.548 bits per heavy atom. The molecule has 0 amide bonds. The number of benzene rings is 6. The lowest BCUT2D eigenvalue weighted by atomic mass is 9.77. The molecule has 378 valence electrons. The average molecular weight is 1000 g/mol. The number of anilines is 1. The summed E-state index contributed by atoms with van der Waals surface area (Å²) in [6.07, 6.45) is 0.458. The first-order valence-corrected chi connectivity index (χ1v) is 27.4. The van der Waals surface area contributed by atoms with Gasteiger partial charge in [-0.2, -0.15) is 0 Å². The van der Waals surface area contributed by atoms with Gasteiger partial charge in [0, 0.05) is 7.11 Å². The molecule has 1 saturated heterocycles. The fourth-order valence-electron chi connectivity index (χ4n) is 9.59. The first kappa shape index (κ1) is 50.9. The van der Waals surface area contributed by atoms with Crippen molar-refractivity contribution in [1.29, 1.82) is 0 Å². The van der Waals surface area contributed by atoms with Crippen molar-refractivity contribution >= 4 is 25.3 Å². The molecule has 0 bridgehead atoms. The van der Waals surface area contributed by atoms with Crippen LogP contribution in [-0.4, -0.2) is 88.3 Å². The highest BCUT2D eigenvalue weighted by Gasteiger charge is 2.53. The molecular weight excluding hydrogens is 935 g/mol. The molecule has 0 spiro atoms. The largest absolute Gasteiger partial charge is 0.497 e. The molecule has 1 fully saturated rings. The Bertz CT molecular complexity index is 2960. The monoisotopic (exact) mass is 999 g/mol. The van der Waals surface area contributed by atoms with Crippen molar-refractivity contribution in [2.75, 3.05) is 47.5 Å². The van der Waals surface area contributed by atoms with Crippen molar-refractivity contribution in [2.24, 2.45) is 0 Å². The van der Waals surface area contributed by atoms with Crippen molar-refractivity contribution in [1.82, 2.24) is 19.5 Å². The van der Waals surface area contributed by atoms with E-state index in [0.29, 0.717) is 17.0 Å². The molecule has 0 unspecified atom stereocenters. The molecule has 3 heterocycles. The second-order valence-electron chi connectivity index (χ2n) is 19.7. The maximum absolute atomic E-state index is 7.89. The molecule has 2 aromatic heterocycles. The summed E-state index contributed by atoms with van der Waals surface area (Å²) in [7, 11) is 6.02. The topological polar surface area (TPSA) is 129 Å². The van der Waals surface area contributed by atoms with E-state index in [4.69, 9.17) is 52.5 Å². The molecule has 0 aliphatic carbocycles. The van der Waals surface area contributed by atoms with Crippen LogP contribution >= 0.6 is 0 Å². The van der Waals surface area contributed by atoms with Gasteiger partial charge in [0.25, 0.3) is 0 Å². The van der Waals surface area contributed by atoms with Gasteiger partial charge in [0.2, 0.25) is 0 Å². The van der Waals surface area contributed by atoms with Crippen LogP contribution in [0.3, 0.4) is 0 Å². The summed E-state index contributed by atoms with van der Waals surface area (Å²) in [6, 6.07) is 52.7. The lowest BCUT2D eigenvalue weighted by molar-refractivity contribution is -0.117. The molecule has 1 aliphatic heterocycles. The van der Waals surface area contributed by atoms with Gasteiger partial charge in [-0.25, -0.2) is 15.0 Å². The SMILES string of the molecule is COc1ccc(C(Nc2ncnc3c2ncn3[C@@H]2O[C@H](CO[Si](C)(C)C(C)(C)C)[C@@H](OC(c3ccccc3)(c3ccc(OC)cc3)c3ccc(OC)cc3)[C@H]2OC)(c2ccccc2)c2ccc(OC)cc2)cc1. The van der Waals surface area contributed by atoms with Crippen LogP contribution in [0.4, 0.5) is 5.82 Å². The Morgan fingerprint density at radius 2 is 0.986 bits per heavy atom. The normalized spacial score (nSPS) is 17.3. The van der Waals surface area contributed by atoms with E-state index >= 15 is 0 Å². The number of fused-ring (bicyclic) bond motifs is 1. The van der Waals surface area contributed by atoms with Crippen LogP contribution in [0.5, 0.6) is 23.0 Å². The van der Waals surface area contributed by atoms with Crippen molar-refractivity contribution in [2.45, 2.75) is 74.6 Å². The third-order valence-corrected chi connectivity index (χ3v) is 19.2. The molecule has 8 aromatic rings. The van der Waals surface area contributed by atoms with Crippen LogP contribution in [0.25, 0.3) is 11.2 Å². The van der Waals surface area contributed by atoms with Crippen LogP contribution in [0.1, 0.15) is 60.4 Å². The predicted octanol–water partition coefficient (Wildman–Crippen LogP) is 11.6. The minimum Gasteiger partial charge on any atom is -0.497 e. The van der Waals surface area contributed by atoms with Crippen molar-refractivity contribution < 1.29 is 37.6 Å². The maximum Gasteiger partial charge on any atom is 0.192 e. The number of imidazole rings is 1. The van der Waals surface area contributed by atoms with Gasteiger partial charge in [0.1, 0.15) is 58.8 Å².